The van der Waals surface area contributed by atoms with Crippen LogP contribution in [-0.2, 0) is 10.3 Å². The Balaban J connectivity index is 0.00000280. The number of aliphatic hydroxyl groups is 1. The molecule has 0 aromatic heterocycles. The van der Waals surface area contributed by atoms with Crippen LogP contribution < -0.4 is 5.32 Å². The highest BCUT2D eigenvalue weighted by Crippen LogP contribution is 2.40. The van der Waals surface area contributed by atoms with Gasteiger partial charge in [0.25, 0.3) is 0 Å². The third kappa shape index (κ3) is 4.73. The molecule has 0 aliphatic carbocycles. The summed E-state index contributed by atoms with van der Waals surface area (Å²) in [7, 11) is 0. The highest BCUT2D eigenvalue weighted by atomic mass is 127. The van der Waals surface area contributed by atoms with Crippen molar-refractivity contribution in [3.8, 4) is 0 Å². The summed E-state index contributed by atoms with van der Waals surface area (Å²) >= 11 is 0. The molecule has 2 atom stereocenters. The van der Waals surface area contributed by atoms with E-state index in [0.717, 1.165) is 19.4 Å². The summed E-state index contributed by atoms with van der Waals surface area (Å²) in [6, 6.07) is 7.12. The number of likely N-dealkylation sites (tertiary alicyclic amines) is 1. The zero-order valence-electron chi connectivity index (χ0n) is 15.8. The van der Waals surface area contributed by atoms with Gasteiger partial charge in [0, 0.05) is 31.7 Å². The van der Waals surface area contributed by atoms with E-state index in [4.69, 9.17) is 4.74 Å². The van der Waals surface area contributed by atoms with E-state index in [-0.39, 0.29) is 35.0 Å². The Labute approximate surface area is 180 Å². The fraction of sp³-hybridized carbons (Fsp3) is 0.632. The fourth-order valence-corrected chi connectivity index (χ4v) is 3.76. The third-order valence-electron chi connectivity index (χ3n) is 5.44. The monoisotopic (exact) mass is 513 g/mol. The molecule has 0 bridgehead atoms. The number of aliphatic imine (C=N–C) groups is 1. The van der Waals surface area contributed by atoms with E-state index in [0.29, 0.717) is 32.2 Å². The predicted octanol–water partition coefficient (Wildman–Crippen LogP) is 3.13. The van der Waals surface area contributed by atoms with Crippen LogP contribution in [0.15, 0.2) is 35.3 Å². The number of hydrogen-bond donors (Lipinski definition) is 2. The lowest BCUT2D eigenvalue weighted by molar-refractivity contribution is -0.262. The summed E-state index contributed by atoms with van der Waals surface area (Å²) in [6.07, 6.45) is -2.94. The van der Waals surface area contributed by atoms with Crippen LogP contribution in [0.25, 0.3) is 0 Å². The van der Waals surface area contributed by atoms with E-state index < -0.39 is 18.3 Å². The number of guanidine groups is 1. The predicted molar refractivity (Wildman–Crippen MR) is 112 cm³/mol. The number of nitrogens with zero attached hydrogens (tertiary/aromatic N) is 2. The van der Waals surface area contributed by atoms with Crippen LogP contribution >= 0.6 is 24.0 Å². The summed E-state index contributed by atoms with van der Waals surface area (Å²) < 4.78 is 46.5. The Morgan fingerprint density at radius 2 is 2.00 bits per heavy atom. The zero-order chi connectivity index (χ0) is 19.5. The molecule has 2 unspecified atom stereocenters. The van der Waals surface area contributed by atoms with Crippen molar-refractivity contribution in [2.45, 2.75) is 31.5 Å². The van der Waals surface area contributed by atoms with E-state index >= 15 is 0 Å². The van der Waals surface area contributed by atoms with Crippen LogP contribution in [0.1, 0.15) is 25.3 Å². The van der Waals surface area contributed by atoms with Crippen molar-refractivity contribution in [1.82, 2.24) is 10.2 Å². The number of alkyl halides is 3. The molecule has 2 saturated heterocycles. The van der Waals surface area contributed by atoms with Gasteiger partial charge in [0.1, 0.15) is 0 Å². The largest absolute Gasteiger partial charge is 0.423 e. The van der Waals surface area contributed by atoms with Gasteiger partial charge in [0.2, 0.25) is 5.60 Å². The molecule has 1 spiro atoms. The Hall–Kier alpha value is -1.07. The number of benzene rings is 1. The van der Waals surface area contributed by atoms with Crippen molar-refractivity contribution in [3.05, 3.63) is 35.9 Å². The van der Waals surface area contributed by atoms with Crippen molar-refractivity contribution in [1.29, 1.82) is 0 Å². The van der Waals surface area contributed by atoms with E-state index in [1.807, 2.05) is 11.8 Å². The van der Waals surface area contributed by atoms with Gasteiger partial charge < -0.3 is 20.1 Å². The Morgan fingerprint density at radius 3 is 2.57 bits per heavy atom. The van der Waals surface area contributed by atoms with E-state index in [9.17, 15) is 18.3 Å². The first-order valence-corrected chi connectivity index (χ1v) is 9.25. The van der Waals surface area contributed by atoms with Crippen LogP contribution in [0.4, 0.5) is 13.2 Å². The molecule has 2 N–H and O–H groups in total. The molecule has 158 valence electrons. The molecule has 5 nitrogen and oxygen atoms in total. The van der Waals surface area contributed by atoms with Gasteiger partial charge in [-0.15, -0.1) is 24.0 Å². The Bertz CT molecular complexity index is 666. The normalized spacial score (nSPS) is 24.9. The van der Waals surface area contributed by atoms with Gasteiger partial charge in [-0.05, 0) is 25.3 Å². The number of nitrogens with one attached hydrogen (secondary N) is 1. The van der Waals surface area contributed by atoms with E-state index in [1.165, 1.54) is 24.3 Å². The molecule has 1 aromatic rings. The van der Waals surface area contributed by atoms with Crippen molar-refractivity contribution in [2.75, 3.05) is 39.4 Å². The molecule has 2 heterocycles. The summed E-state index contributed by atoms with van der Waals surface area (Å²) in [4.78, 5) is 6.16. The first-order chi connectivity index (χ1) is 12.8. The molecular weight excluding hydrogens is 486 g/mol. The lowest BCUT2D eigenvalue weighted by Gasteiger charge is -2.31. The zero-order valence-corrected chi connectivity index (χ0v) is 18.2. The highest BCUT2D eigenvalue weighted by Gasteiger charge is 2.55. The molecule has 3 rings (SSSR count). The molecular formula is C19H27F3IN3O2. The number of halogens is 4. The smallest absolute Gasteiger partial charge is 0.381 e. The summed E-state index contributed by atoms with van der Waals surface area (Å²) in [5, 5.41) is 13.5. The molecule has 2 aliphatic rings. The molecule has 0 amide bonds. The van der Waals surface area contributed by atoms with Crippen molar-refractivity contribution >= 4 is 29.9 Å². The van der Waals surface area contributed by atoms with E-state index in [1.54, 1.807) is 6.07 Å². The summed E-state index contributed by atoms with van der Waals surface area (Å²) in [5.41, 5.74) is -3.17. The van der Waals surface area contributed by atoms with Crippen LogP contribution in [-0.4, -0.2) is 61.5 Å². The van der Waals surface area contributed by atoms with Gasteiger partial charge in [0.05, 0.1) is 13.2 Å². The second-order valence-corrected chi connectivity index (χ2v) is 7.37. The number of rotatable bonds is 4. The van der Waals surface area contributed by atoms with Gasteiger partial charge in [-0.3, -0.25) is 0 Å². The van der Waals surface area contributed by atoms with Crippen molar-refractivity contribution in [2.24, 2.45) is 10.4 Å². The van der Waals surface area contributed by atoms with Gasteiger partial charge >= 0.3 is 6.18 Å². The molecule has 2 fully saturated rings. The molecule has 1 aromatic carbocycles. The molecule has 0 radical (unpaired) electrons. The van der Waals surface area contributed by atoms with Gasteiger partial charge in [0.15, 0.2) is 5.96 Å². The Morgan fingerprint density at radius 1 is 1.29 bits per heavy atom. The fourth-order valence-electron chi connectivity index (χ4n) is 3.76. The van der Waals surface area contributed by atoms with Gasteiger partial charge in [-0.1, -0.05) is 30.3 Å². The standard InChI is InChI=1S/C19H26F3N3O2.HI/c1-2-23-16(25-10-8-17(13-25)9-11-27-14-17)24-12-18(26,19(20,21)22)15-6-4-3-5-7-15;/h3-7,26H,2,8-14H2,1H3,(H,23,24);1H. The van der Waals surface area contributed by atoms with Crippen LogP contribution in [0, 0.1) is 5.41 Å². The summed E-state index contributed by atoms with van der Waals surface area (Å²) in [6.45, 7) is 4.44. The number of hydrogen-bond acceptors (Lipinski definition) is 3. The average molecular weight is 513 g/mol. The molecule has 2 aliphatic heterocycles. The lowest BCUT2D eigenvalue weighted by Crippen LogP contribution is -2.47. The van der Waals surface area contributed by atoms with Crippen molar-refractivity contribution in [3.63, 3.8) is 0 Å². The van der Waals surface area contributed by atoms with Gasteiger partial charge in [-0.25, -0.2) is 4.99 Å². The molecule has 9 heteroatoms. The second-order valence-electron chi connectivity index (χ2n) is 7.37. The minimum absolute atomic E-state index is 0. The third-order valence-corrected chi connectivity index (χ3v) is 5.44. The van der Waals surface area contributed by atoms with Crippen LogP contribution in [0.3, 0.4) is 0 Å². The minimum atomic E-state index is -4.83. The second kappa shape index (κ2) is 9.17. The molecule has 0 saturated carbocycles. The minimum Gasteiger partial charge on any atom is -0.381 e. The molecule has 28 heavy (non-hydrogen) atoms. The topological polar surface area (TPSA) is 57.1 Å². The quantitative estimate of drug-likeness (QED) is 0.369. The average Bonchev–Trinajstić information content (AvgIpc) is 3.28. The van der Waals surface area contributed by atoms with Crippen molar-refractivity contribution < 1.29 is 23.0 Å². The summed E-state index contributed by atoms with van der Waals surface area (Å²) in [5.74, 6) is 0.403. The first-order valence-electron chi connectivity index (χ1n) is 9.25. The highest BCUT2D eigenvalue weighted by molar-refractivity contribution is 14.0. The van der Waals surface area contributed by atoms with E-state index in [2.05, 4.69) is 10.3 Å². The maximum absolute atomic E-state index is 13.7. The maximum atomic E-state index is 13.7. The first kappa shape index (κ1) is 23.2. The van der Waals surface area contributed by atoms with Gasteiger partial charge in [-0.2, -0.15) is 13.2 Å². The van der Waals surface area contributed by atoms with Crippen LogP contribution in [0.5, 0.6) is 0 Å². The lowest BCUT2D eigenvalue weighted by atomic mass is 9.87. The van der Waals surface area contributed by atoms with Crippen LogP contribution in [0.2, 0.25) is 0 Å². The number of ether oxygens (including phenoxy) is 1. The maximum Gasteiger partial charge on any atom is 0.423 e. The SMILES string of the molecule is CCNC(=NCC(O)(c1ccccc1)C(F)(F)F)N1CCC2(CCOC2)C1.I. The Kier molecular flexibility index (Phi) is 7.60.